The van der Waals surface area contributed by atoms with E-state index in [4.69, 9.17) is 5.73 Å². The Hall–Kier alpha value is -1.97. The van der Waals surface area contributed by atoms with Crippen LogP contribution in [0.2, 0.25) is 0 Å². The lowest BCUT2D eigenvalue weighted by molar-refractivity contribution is -0.132. The monoisotopic (exact) mass is 396 g/mol. The zero-order valence-electron chi connectivity index (χ0n) is 15.9. The molecule has 2 rings (SSSR count). The van der Waals surface area contributed by atoms with Crippen molar-refractivity contribution in [2.45, 2.75) is 25.2 Å². The number of rotatable bonds is 7. The number of likely N-dealkylation sites (N-methyl/N-ethyl adjacent to an activating group) is 1. The number of hydrogen-bond donors (Lipinski definition) is 1. The van der Waals surface area contributed by atoms with Gasteiger partial charge in [-0.05, 0) is 51.1 Å². The smallest absolute Gasteiger partial charge is 0.248 e. The number of nitrogens with two attached hydrogens (primary N) is 1. The van der Waals surface area contributed by atoms with Gasteiger partial charge in [-0.1, -0.05) is 0 Å². The van der Waals surface area contributed by atoms with Gasteiger partial charge < -0.3 is 10.6 Å². The fourth-order valence-corrected chi connectivity index (χ4v) is 4.62. The first-order valence-corrected chi connectivity index (χ1v) is 10.6. The lowest BCUT2D eigenvalue weighted by atomic mass is 10.2. The first-order chi connectivity index (χ1) is 12.8. The molecule has 0 saturated carbocycles. The van der Waals surface area contributed by atoms with Crippen molar-refractivity contribution in [2.75, 3.05) is 45.8 Å². The first-order valence-electron chi connectivity index (χ1n) is 9.19. The molecule has 1 aliphatic rings. The van der Waals surface area contributed by atoms with Gasteiger partial charge in [0.2, 0.25) is 21.8 Å². The molecule has 0 aliphatic carbocycles. The van der Waals surface area contributed by atoms with Crippen LogP contribution >= 0.6 is 0 Å². The van der Waals surface area contributed by atoms with Gasteiger partial charge in [0.25, 0.3) is 0 Å². The molecular formula is C18H28N4O4S. The SMILES string of the molecule is CCN(CC)C(=O)CN1CCCN(S(=O)(=O)c2ccc(C(N)=O)cc2)CC1. The van der Waals surface area contributed by atoms with Crippen molar-refractivity contribution in [1.29, 1.82) is 0 Å². The van der Waals surface area contributed by atoms with E-state index >= 15 is 0 Å². The Bertz CT molecular complexity index is 760. The maximum absolute atomic E-state index is 12.9. The average molecular weight is 397 g/mol. The summed E-state index contributed by atoms with van der Waals surface area (Å²) in [6.07, 6.45) is 0.657. The Morgan fingerprint density at radius 2 is 1.67 bits per heavy atom. The summed E-state index contributed by atoms with van der Waals surface area (Å²) in [7, 11) is -3.65. The van der Waals surface area contributed by atoms with Crippen molar-refractivity contribution < 1.29 is 18.0 Å². The van der Waals surface area contributed by atoms with Crippen LogP contribution in [0, 0.1) is 0 Å². The van der Waals surface area contributed by atoms with Crippen LogP contribution in [0.1, 0.15) is 30.6 Å². The first kappa shape index (κ1) is 21.3. The summed E-state index contributed by atoms with van der Waals surface area (Å²) >= 11 is 0. The highest BCUT2D eigenvalue weighted by Gasteiger charge is 2.28. The third-order valence-electron chi connectivity index (χ3n) is 4.80. The molecular weight excluding hydrogens is 368 g/mol. The molecule has 8 nitrogen and oxygen atoms in total. The minimum Gasteiger partial charge on any atom is -0.366 e. The van der Waals surface area contributed by atoms with E-state index in [2.05, 4.69) is 0 Å². The summed E-state index contributed by atoms with van der Waals surface area (Å²) < 4.78 is 27.2. The highest BCUT2D eigenvalue weighted by Crippen LogP contribution is 2.18. The van der Waals surface area contributed by atoms with Crippen LogP contribution in [0.25, 0.3) is 0 Å². The molecule has 27 heavy (non-hydrogen) atoms. The minimum atomic E-state index is -3.65. The topological polar surface area (TPSA) is 104 Å². The zero-order chi connectivity index (χ0) is 20.0. The molecule has 1 aromatic carbocycles. The molecule has 1 heterocycles. The van der Waals surface area contributed by atoms with E-state index in [-0.39, 0.29) is 16.4 Å². The van der Waals surface area contributed by atoms with Gasteiger partial charge in [0.1, 0.15) is 0 Å². The highest BCUT2D eigenvalue weighted by atomic mass is 32.2. The van der Waals surface area contributed by atoms with Gasteiger partial charge in [0.15, 0.2) is 0 Å². The summed E-state index contributed by atoms with van der Waals surface area (Å²) in [5.41, 5.74) is 5.47. The molecule has 0 atom stereocenters. The maximum Gasteiger partial charge on any atom is 0.248 e. The Kier molecular flexibility index (Phi) is 7.34. The van der Waals surface area contributed by atoms with Crippen LogP contribution in [0.3, 0.4) is 0 Å². The summed E-state index contributed by atoms with van der Waals surface area (Å²) in [6, 6.07) is 5.65. The largest absolute Gasteiger partial charge is 0.366 e. The van der Waals surface area contributed by atoms with Crippen LogP contribution in [0.4, 0.5) is 0 Å². The van der Waals surface area contributed by atoms with Crippen molar-refractivity contribution in [1.82, 2.24) is 14.1 Å². The van der Waals surface area contributed by atoms with E-state index in [0.29, 0.717) is 52.2 Å². The Morgan fingerprint density at radius 1 is 1.04 bits per heavy atom. The maximum atomic E-state index is 12.9. The Balaban J connectivity index is 2.04. The molecule has 9 heteroatoms. The Labute approximate surface area is 161 Å². The average Bonchev–Trinajstić information content (AvgIpc) is 2.89. The Morgan fingerprint density at radius 3 is 2.22 bits per heavy atom. The number of sulfonamides is 1. The van der Waals surface area contributed by atoms with Crippen LogP contribution < -0.4 is 5.73 Å². The van der Waals surface area contributed by atoms with Crippen molar-refractivity contribution in [3.63, 3.8) is 0 Å². The molecule has 0 aromatic heterocycles. The fourth-order valence-electron chi connectivity index (χ4n) is 3.15. The van der Waals surface area contributed by atoms with Crippen LogP contribution in [-0.2, 0) is 14.8 Å². The lowest BCUT2D eigenvalue weighted by Crippen LogP contribution is -2.42. The summed E-state index contributed by atoms with van der Waals surface area (Å²) in [5.74, 6) is -0.527. The van der Waals surface area contributed by atoms with Crippen molar-refractivity contribution in [3.8, 4) is 0 Å². The third kappa shape index (κ3) is 5.27. The number of carbonyl (C=O) groups excluding carboxylic acids is 2. The van der Waals surface area contributed by atoms with E-state index in [1.165, 1.54) is 28.6 Å². The molecule has 2 N–H and O–H groups in total. The number of amides is 2. The summed E-state index contributed by atoms with van der Waals surface area (Å²) in [6.45, 7) is 7.45. The normalized spacial score (nSPS) is 16.7. The predicted octanol–water partition coefficient (Wildman–Crippen LogP) is 0.350. The molecule has 1 aromatic rings. The van der Waals surface area contributed by atoms with Gasteiger partial charge in [0, 0.05) is 38.3 Å². The molecule has 0 spiro atoms. The quantitative estimate of drug-likeness (QED) is 0.716. The number of primary amides is 1. The minimum absolute atomic E-state index is 0.0679. The van der Waals surface area contributed by atoms with Crippen molar-refractivity contribution in [3.05, 3.63) is 29.8 Å². The van der Waals surface area contributed by atoms with Crippen molar-refractivity contribution >= 4 is 21.8 Å². The second-order valence-electron chi connectivity index (χ2n) is 6.49. The predicted molar refractivity (Wildman–Crippen MR) is 103 cm³/mol. The number of nitrogens with zero attached hydrogens (tertiary/aromatic N) is 3. The van der Waals surface area contributed by atoms with Crippen LogP contribution in [0.15, 0.2) is 29.2 Å². The fraction of sp³-hybridized carbons (Fsp3) is 0.556. The van der Waals surface area contributed by atoms with E-state index in [1.807, 2.05) is 18.7 Å². The van der Waals surface area contributed by atoms with Gasteiger partial charge >= 0.3 is 0 Å². The standard InChI is InChI=1S/C18H28N4O4S/c1-3-21(4-2)17(23)14-20-10-5-11-22(13-12-20)27(25,26)16-8-6-15(7-9-16)18(19)24/h6-9H,3-5,10-14H2,1-2H3,(H2,19,24). The molecule has 2 amide bonds. The van der Waals surface area contributed by atoms with Gasteiger partial charge in [-0.15, -0.1) is 0 Å². The molecule has 0 bridgehead atoms. The second-order valence-corrected chi connectivity index (χ2v) is 8.43. The summed E-state index contributed by atoms with van der Waals surface area (Å²) in [5, 5.41) is 0. The molecule has 0 radical (unpaired) electrons. The lowest BCUT2D eigenvalue weighted by Gasteiger charge is -2.25. The third-order valence-corrected chi connectivity index (χ3v) is 6.71. The van der Waals surface area contributed by atoms with Gasteiger partial charge in [0.05, 0.1) is 11.4 Å². The zero-order valence-corrected chi connectivity index (χ0v) is 16.7. The molecule has 150 valence electrons. The number of benzene rings is 1. The van der Waals surface area contributed by atoms with Gasteiger partial charge in [-0.25, -0.2) is 8.42 Å². The van der Waals surface area contributed by atoms with E-state index in [1.54, 1.807) is 4.90 Å². The number of carbonyl (C=O) groups is 2. The molecule has 0 unspecified atom stereocenters. The highest BCUT2D eigenvalue weighted by molar-refractivity contribution is 7.89. The van der Waals surface area contributed by atoms with Gasteiger partial charge in [-0.2, -0.15) is 4.31 Å². The summed E-state index contributed by atoms with van der Waals surface area (Å²) in [4.78, 5) is 27.4. The van der Waals surface area contributed by atoms with E-state index < -0.39 is 15.9 Å². The number of hydrogen-bond acceptors (Lipinski definition) is 5. The molecule has 1 saturated heterocycles. The molecule has 1 aliphatic heterocycles. The second kappa shape index (κ2) is 9.29. The van der Waals surface area contributed by atoms with Crippen LogP contribution in [0.5, 0.6) is 0 Å². The van der Waals surface area contributed by atoms with E-state index in [0.717, 1.165) is 0 Å². The molecule has 1 fully saturated rings. The van der Waals surface area contributed by atoms with E-state index in [9.17, 15) is 18.0 Å². The van der Waals surface area contributed by atoms with Crippen LogP contribution in [-0.4, -0.2) is 80.2 Å². The van der Waals surface area contributed by atoms with Crippen molar-refractivity contribution in [2.24, 2.45) is 5.73 Å². The van der Waals surface area contributed by atoms with Gasteiger partial charge in [-0.3, -0.25) is 14.5 Å².